The minimum atomic E-state index is -0.499. The van der Waals surface area contributed by atoms with Crippen LogP contribution in [0, 0.1) is 28.6 Å². The molecule has 1 aromatic heterocycles. The molecule has 2 heterocycles. The van der Waals surface area contributed by atoms with Crippen LogP contribution in [0.15, 0.2) is 23.0 Å². The van der Waals surface area contributed by atoms with Crippen molar-refractivity contribution >= 4 is 11.8 Å². The van der Waals surface area contributed by atoms with Crippen LogP contribution in [0.1, 0.15) is 89.5 Å². The van der Waals surface area contributed by atoms with Crippen LogP contribution in [0.3, 0.4) is 0 Å². The fraction of sp³-hybridized carbons (Fsp3) is 0.867. The number of aliphatic hydroxyl groups is 1. The summed E-state index contributed by atoms with van der Waals surface area (Å²) in [5, 5.41) is 16.7. The summed E-state index contributed by atoms with van der Waals surface area (Å²) in [4.78, 5) is 2.64. The molecule has 4 nitrogen and oxygen atoms in total. The van der Waals surface area contributed by atoms with Crippen molar-refractivity contribution in [1.82, 2.24) is 10.2 Å². The molecule has 0 spiro atoms. The first-order valence-corrected chi connectivity index (χ1v) is 15.8. The Kier molecular flexibility index (Phi) is 6.86. The molecule has 5 heteroatoms. The van der Waals surface area contributed by atoms with E-state index in [4.69, 9.17) is 4.42 Å². The standard InChI is InChI=1S/C30H48N2O2S/c1-28-10-6-24(35-19-3-15-32-16-13-31-14-17-32)20-23(28)4-5-27-26(28)7-11-29(2)25(8-12-30(27,29)33)22-9-18-34-21-22/h9,18,21,23-27,31,33H,3-8,10-17,19-20H2,1-2H3/t23?,24?,25?,26-,27-,28+,29-,30-/m1/s1. The van der Waals surface area contributed by atoms with Gasteiger partial charge in [-0.2, -0.15) is 11.8 Å². The molecule has 6 rings (SSSR count). The van der Waals surface area contributed by atoms with E-state index in [9.17, 15) is 5.11 Å². The fourth-order valence-corrected chi connectivity index (χ4v) is 11.1. The zero-order valence-electron chi connectivity index (χ0n) is 22.1. The Hall–Kier alpha value is -0.490. The van der Waals surface area contributed by atoms with Gasteiger partial charge in [0.05, 0.1) is 18.1 Å². The number of nitrogens with zero attached hydrogens (tertiary/aromatic N) is 1. The molecule has 1 aliphatic heterocycles. The summed E-state index contributed by atoms with van der Waals surface area (Å²) in [6.07, 6.45) is 16.5. The van der Waals surface area contributed by atoms with Gasteiger partial charge in [0.25, 0.3) is 0 Å². The molecule has 4 aliphatic carbocycles. The number of furan rings is 1. The molecule has 4 saturated carbocycles. The first-order valence-electron chi connectivity index (χ1n) is 14.7. The Morgan fingerprint density at radius 1 is 1.06 bits per heavy atom. The van der Waals surface area contributed by atoms with Gasteiger partial charge in [0.2, 0.25) is 0 Å². The molecule has 2 N–H and O–H groups in total. The monoisotopic (exact) mass is 500 g/mol. The maximum absolute atomic E-state index is 12.4. The molecule has 35 heavy (non-hydrogen) atoms. The predicted octanol–water partition coefficient (Wildman–Crippen LogP) is 5.92. The molecule has 1 aromatic rings. The predicted molar refractivity (Wildman–Crippen MR) is 145 cm³/mol. The van der Waals surface area contributed by atoms with Crippen molar-refractivity contribution in [2.75, 3.05) is 38.5 Å². The summed E-state index contributed by atoms with van der Waals surface area (Å²) >= 11 is 2.28. The zero-order chi connectivity index (χ0) is 24.1. The van der Waals surface area contributed by atoms with Gasteiger partial charge in [0, 0.05) is 36.8 Å². The van der Waals surface area contributed by atoms with Gasteiger partial charge in [-0.05, 0) is 117 Å². The van der Waals surface area contributed by atoms with Gasteiger partial charge in [-0.1, -0.05) is 13.8 Å². The molecule has 5 fully saturated rings. The highest BCUT2D eigenvalue weighted by molar-refractivity contribution is 7.99. The first-order chi connectivity index (χ1) is 16.9. The van der Waals surface area contributed by atoms with Crippen LogP contribution >= 0.6 is 11.8 Å². The van der Waals surface area contributed by atoms with E-state index in [2.05, 4.69) is 41.9 Å². The number of hydrogen-bond donors (Lipinski definition) is 2. The third-order valence-corrected chi connectivity index (χ3v) is 13.4. The second-order valence-electron chi connectivity index (χ2n) is 13.2. The highest BCUT2D eigenvalue weighted by Gasteiger charge is 2.67. The van der Waals surface area contributed by atoms with Gasteiger partial charge in [-0.15, -0.1) is 0 Å². The zero-order valence-corrected chi connectivity index (χ0v) is 23.0. The molecule has 0 aromatic carbocycles. The molecule has 0 bridgehead atoms. The Bertz CT molecular complexity index is 857. The molecule has 1 saturated heterocycles. The average molecular weight is 501 g/mol. The SMILES string of the molecule is C[C@]12CCC(SCCCN3CCNCC3)CC1CC[C@@H]1[C@H]2CC[C@]2(C)C(c3ccoc3)CC[C@@]12O. The van der Waals surface area contributed by atoms with Gasteiger partial charge >= 0.3 is 0 Å². The van der Waals surface area contributed by atoms with Crippen molar-refractivity contribution in [2.45, 2.75) is 94.8 Å². The maximum Gasteiger partial charge on any atom is 0.0937 e. The summed E-state index contributed by atoms with van der Waals surface area (Å²) in [5.41, 5.74) is 1.25. The number of nitrogens with one attached hydrogen (secondary N) is 1. The second-order valence-corrected chi connectivity index (χ2v) is 14.6. The lowest BCUT2D eigenvalue weighted by Gasteiger charge is -2.63. The minimum absolute atomic E-state index is 0.00128. The van der Waals surface area contributed by atoms with Crippen molar-refractivity contribution < 1.29 is 9.52 Å². The number of piperazine rings is 1. The molecular formula is C30H48N2O2S. The Morgan fingerprint density at radius 2 is 1.91 bits per heavy atom. The topological polar surface area (TPSA) is 48.6 Å². The number of thioether (sulfide) groups is 1. The van der Waals surface area contributed by atoms with E-state index in [1.54, 1.807) is 0 Å². The molecule has 8 atom stereocenters. The van der Waals surface area contributed by atoms with Crippen molar-refractivity contribution in [1.29, 1.82) is 0 Å². The molecule has 3 unspecified atom stereocenters. The fourth-order valence-electron chi connectivity index (χ4n) is 9.82. The third kappa shape index (κ3) is 4.15. The molecule has 196 valence electrons. The van der Waals surface area contributed by atoms with Crippen molar-refractivity contribution in [3.8, 4) is 0 Å². The Morgan fingerprint density at radius 3 is 2.71 bits per heavy atom. The van der Waals surface area contributed by atoms with E-state index in [1.165, 1.54) is 82.3 Å². The molecule has 0 amide bonds. The highest BCUT2D eigenvalue weighted by Crippen LogP contribution is 2.70. The number of rotatable bonds is 6. The van der Waals surface area contributed by atoms with Crippen molar-refractivity contribution in [2.24, 2.45) is 28.6 Å². The molecular weight excluding hydrogens is 452 g/mol. The minimum Gasteiger partial charge on any atom is -0.472 e. The smallest absolute Gasteiger partial charge is 0.0937 e. The van der Waals surface area contributed by atoms with E-state index < -0.39 is 5.60 Å². The van der Waals surface area contributed by atoms with Crippen molar-refractivity contribution in [3.05, 3.63) is 24.2 Å². The van der Waals surface area contributed by atoms with E-state index in [0.717, 1.165) is 37.1 Å². The normalized spacial score (nSPS) is 46.1. The summed E-state index contributed by atoms with van der Waals surface area (Å²) in [7, 11) is 0. The first kappa shape index (κ1) is 24.8. The van der Waals surface area contributed by atoms with Gasteiger partial charge < -0.3 is 19.7 Å². The number of hydrogen-bond acceptors (Lipinski definition) is 5. The van der Waals surface area contributed by atoms with E-state index in [-0.39, 0.29) is 5.41 Å². The largest absolute Gasteiger partial charge is 0.472 e. The molecule has 5 aliphatic rings. The lowest BCUT2D eigenvalue weighted by Crippen LogP contribution is -2.61. The van der Waals surface area contributed by atoms with Crippen LogP contribution in [-0.2, 0) is 0 Å². The third-order valence-electron chi connectivity index (χ3n) is 11.9. The Balaban J connectivity index is 1.08. The quantitative estimate of drug-likeness (QED) is 0.475. The lowest BCUT2D eigenvalue weighted by molar-refractivity contribution is -0.200. The average Bonchev–Trinajstić information content (AvgIpc) is 3.48. The highest BCUT2D eigenvalue weighted by atomic mass is 32.2. The van der Waals surface area contributed by atoms with Gasteiger partial charge in [0.1, 0.15) is 0 Å². The van der Waals surface area contributed by atoms with E-state index >= 15 is 0 Å². The van der Waals surface area contributed by atoms with Gasteiger partial charge in [-0.25, -0.2) is 0 Å². The van der Waals surface area contributed by atoms with Crippen LogP contribution in [0.5, 0.6) is 0 Å². The summed E-state index contributed by atoms with van der Waals surface area (Å²) in [6, 6.07) is 2.15. The van der Waals surface area contributed by atoms with Crippen molar-refractivity contribution in [3.63, 3.8) is 0 Å². The summed E-state index contributed by atoms with van der Waals surface area (Å²) in [6.45, 7) is 11.1. The second kappa shape index (κ2) is 9.67. The van der Waals surface area contributed by atoms with Gasteiger partial charge in [0.15, 0.2) is 0 Å². The van der Waals surface area contributed by atoms with Crippen LogP contribution < -0.4 is 5.32 Å². The Labute approximate surface area is 217 Å². The summed E-state index contributed by atoms with van der Waals surface area (Å²) < 4.78 is 5.47. The summed E-state index contributed by atoms with van der Waals surface area (Å²) in [5.74, 6) is 3.84. The number of fused-ring (bicyclic) bond motifs is 5. The van der Waals surface area contributed by atoms with Crippen LogP contribution in [0.2, 0.25) is 0 Å². The van der Waals surface area contributed by atoms with E-state index in [1.807, 2.05) is 12.5 Å². The van der Waals surface area contributed by atoms with Crippen LogP contribution in [0.4, 0.5) is 0 Å². The van der Waals surface area contributed by atoms with Crippen LogP contribution in [-0.4, -0.2) is 59.3 Å². The maximum atomic E-state index is 12.4. The van der Waals surface area contributed by atoms with Gasteiger partial charge in [-0.3, -0.25) is 0 Å². The van der Waals surface area contributed by atoms with E-state index in [0.29, 0.717) is 23.2 Å². The molecule has 0 radical (unpaired) electrons. The van der Waals surface area contributed by atoms with Crippen LogP contribution in [0.25, 0.3) is 0 Å². The lowest BCUT2D eigenvalue weighted by atomic mass is 9.43.